The van der Waals surface area contributed by atoms with Crippen molar-refractivity contribution in [1.29, 1.82) is 0 Å². The molecule has 0 amide bonds. The number of para-hydroxylation sites is 1. The van der Waals surface area contributed by atoms with Crippen molar-refractivity contribution < 1.29 is 5.11 Å². The molecule has 0 aliphatic rings. The van der Waals surface area contributed by atoms with Gasteiger partial charge in [0.1, 0.15) is 5.75 Å². The lowest BCUT2D eigenvalue weighted by atomic mass is 10.2. The van der Waals surface area contributed by atoms with Gasteiger partial charge >= 0.3 is 0 Å². The Labute approximate surface area is 108 Å². The first kappa shape index (κ1) is 11.8. The molecule has 1 heterocycles. The van der Waals surface area contributed by atoms with E-state index in [4.69, 9.17) is 11.6 Å². The second-order valence-corrected chi connectivity index (χ2v) is 4.94. The molecule has 3 nitrogen and oxygen atoms in total. The summed E-state index contributed by atoms with van der Waals surface area (Å²) in [5.74, 6) is 0.186. The molecule has 1 N–H and O–H groups in total. The van der Waals surface area contributed by atoms with Crippen LogP contribution in [0.3, 0.4) is 0 Å². The molecule has 0 atom stereocenters. The maximum Gasteiger partial charge on any atom is 0.124 e. The van der Waals surface area contributed by atoms with Crippen LogP contribution in [0.15, 0.2) is 46.6 Å². The van der Waals surface area contributed by atoms with Gasteiger partial charge in [0, 0.05) is 10.4 Å². The normalized spacial score (nSPS) is 11.6. The molecular formula is C12H9ClN2OS. The summed E-state index contributed by atoms with van der Waals surface area (Å²) in [6.45, 7) is 0. The maximum atomic E-state index is 9.47. The van der Waals surface area contributed by atoms with Gasteiger partial charge in [0.2, 0.25) is 0 Å². The number of rotatable bonds is 3. The summed E-state index contributed by atoms with van der Waals surface area (Å²) in [6, 6.07) is 10.6. The minimum Gasteiger partial charge on any atom is -0.507 e. The van der Waals surface area contributed by atoms with Gasteiger partial charge in [-0.1, -0.05) is 23.7 Å². The molecule has 0 radical (unpaired) electrons. The fourth-order valence-corrected chi connectivity index (χ4v) is 2.11. The van der Waals surface area contributed by atoms with Crippen LogP contribution in [-0.2, 0) is 0 Å². The number of benzene rings is 1. The lowest BCUT2D eigenvalue weighted by Crippen LogP contribution is -1.80. The molecule has 1 aromatic carbocycles. The summed E-state index contributed by atoms with van der Waals surface area (Å²) < 4.78 is 0.719. The van der Waals surface area contributed by atoms with Gasteiger partial charge in [-0.2, -0.15) is 10.2 Å². The van der Waals surface area contributed by atoms with Crippen LogP contribution in [-0.4, -0.2) is 17.5 Å². The molecule has 0 bridgehead atoms. The third kappa shape index (κ3) is 3.41. The van der Waals surface area contributed by atoms with Crippen LogP contribution in [0.2, 0.25) is 4.34 Å². The van der Waals surface area contributed by atoms with E-state index < -0.39 is 0 Å². The molecule has 2 aromatic rings. The van der Waals surface area contributed by atoms with Crippen LogP contribution in [0.4, 0.5) is 0 Å². The van der Waals surface area contributed by atoms with E-state index in [0.29, 0.717) is 5.56 Å². The highest BCUT2D eigenvalue weighted by atomic mass is 35.5. The van der Waals surface area contributed by atoms with Crippen LogP contribution in [0, 0.1) is 0 Å². The lowest BCUT2D eigenvalue weighted by molar-refractivity contribution is 0.474. The number of phenolic OH excluding ortho intramolecular Hbond substituents is 1. The number of aromatic hydroxyl groups is 1. The van der Waals surface area contributed by atoms with Gasteiger partial charge in [-0.15, -0.1) is 11.3 Å². The number of halogens is 1. The zero-order valence-corrected chi connectivity index (χ0v) is 10.3. The summed E-state index contributed by atoms with van der Waals surface area (Å²) in [4.78, 5) is 0.935. The van der Waals surface area contributed by atoms with E-state index in [1.165, 1.54) is 17.6 Å². The maximum absolute atomic E-state index is 9.47. The highest BCUT2D eigenvalue weighted by Crippen LogP contribution is 2.19. The Morgan fingerprint density at radius 3 is 2.53 bits per heavy atom. The molecule has 17 heavy (non-hydrogen) atoms. The monoisotopic (exact) mass is 264 g/mol. The number of thiophene rings is 1. The Balaban J connectivity index is 2.03. The van der Waals surface area contributed by atoms with Gasteiger partial charge < -0.3 is 5.11 Å². The summed E-state index contributed by atoms with van der Waals surface area (Å²) in [6.07, 6.45) is 3.12. The lowest BCUT2D eigenvalue weighted by Gasteiger charge is -1.94. The first-order valence-electron chi connectivity index (χ1n) is 4.85. The SMILES string of the molecule is Oc1ccccc1/C=N/N=Cc1ccc(Cl)s1. The van der Waals surface area contributed by atoms with Crippen molar-refractivity contribution in [3.05, 3.63) is 51.2 Å². The highest BCUT2D eigenvalue weighted by Gasteiger charge is 1.94. The van der Waals surface area contributed by atoms with Crippen molar-refractivity contribution in [2.24, 2.45) is 10.2 Å². The van der Waals surface area contributed by atoms with Crippen LogP contribution in [0.1, 0.15) is 10.4 Å². The molecule has 0 unspecified atom stereocenters. The predicted octanol–water partition coefficient (Wildman–Crippen LogP) is 3.56. The number of nitrogens with zero attached hydrogens (tertiary/aromatic N) is 2. The summed E-state index contributed by atoms with van der Waals surface area (Å²) in [5.41, 5.74) is 0.633. The summed E-state index contributed by atoms with van der Waals surface area (Å²) in [7, 11) is 0. The Kier molecular flexibility index (Phi) is 3.90. The van der Waals surface area contributed by atoms with Crippen molar-refractivity contribution in [1.82, 2.24) is 0 Å². The minimum absolute atomic E-state index is 0.186. The molecule has 0 aliphatic heterocycles. The molecule has 0 fully saturated rings. The number of phenols is 1. The van der Waals surface area contributed by atoms with Crippen LogP contribution >= 0.6 is 22.9 Å². The largest absolute Gasteiger partial charge is 0.507 e. The number of hydrogen-bond acceptors (Lipinski definition) is 4. The standard InChI is InChI=1S/C12H9ClN2OS/c13-12-6-5-10(17-12)8-15-14-7-9-3-1-2-4-11(9)16/h1-8,16H/b14-7+,15-8?. The van der Waals surface area contributed by atoms with Gasteiger partial charge in [-0.25, -0.2) is 0 Å². The van der Waals surface area contributed by atoms with Crippen molar-refractivity contribution in [3.63, 3.8) is 0 Å². The molecule has 0 aliphatic carbocycles. The van der Waals surface area contributed by atoms with Crippen molar-refractivity contribution in [2.45, 2.75) is 0 Å². The van der Waals surface area contributed by atoms with E-state index in [0.717, 1.165) is 9.21 Å². The zero-order chi connectivity index (χ0) is 12.1. The van der Waals surface area contributed by atoms with Crippen molar-refractivity contribution in [2.75, 3.05) is 0 Å². The molecule has 0 spiro atoms. The minimum atomic E-state index is 0.186. The van der Waals surface area contributed by atoms with Gasteiger partial charge in [0.25, 0.3) is 0 Å². The van der Waals surface area contributed by atoms with Gasteiger partial charge in [0.15, 0.2) is 0 Å². The highest BCUT2D eigenvalue weighted by molar-refractivity contribution is 7.17. The molecule has 0 saturated carbocycles. The fourth-order valence-electron chi connectivity index (χ4n) is 1.18. The third-order valence-corrected chi connectivity index (χ3v) is 3.14. The third-order valence-electron chi connectivity index (χ3n) is 1.98. The predicted molar refractivity (Wildman–Crippen MR) is 72.6 cm³/mol. The number of hydrogen-bond donors (Lipinski definition) is 1. The fraction of sp³-hybridized carbons (Fsp3) is 0. The van der Waals surface area contributed by atoms with E-state index in [1.54, 1.807) is 30.5 Å². The van der Waals surface area contributed by atoms with Gasteiger partial charge in [-0.05, 0) is 24.3 Å². The van der Waals surface area contributed by atoms with Crippen LogP contribution < -0.4 is 0 Å². The van der Waals surface area contributed by atoms with Crippen molar-refractivity contribution >= 4 is 35.4 Å². The first-order chi connectivity index (χ1) is 8.25. The Morgan fingerprint density at radius 2 is 1.82 bits per heavy atom. The van der Waals surface area contributed by atoms with E-state index >= 15 is 0 Å². The quantitative estimate of drug-likeness (QED) is 0.669. The molecular weight excluding hydrogens is 256 g/mol. The summed E-state index contributed by atoms with van der Waals surface area (Å²) >= 11 is 7.21. The molecule has 5 heteroatoms. The van der Waals surface area contributed by atoms with E-state index in [2.05, 4.69) is 10.2 Å². The molecule has 2 rings (SSSR count). The van der Waals surface area contributed by atoms with E-state index in [1.807, 2.05) is 12.1 Å². The van der Waals surface area contributed by atoms with Crippen molar-refractivity contribution in [3.8, 4) is 5.75 Å². The Morgan fingerprint density at radius 1 is 1.06 bits per heavy atom. The topological polar surface area (TPSA) is 45.0 Å². The summed E-state index contributed by atoms with van der Waals surface area (Å²) in [5, 5.41) is 17.2. The smallest absolute Gasteiger partial charge is 0.124 e. The van der Waals surface area contributed by atoms with Crippen LogP contribution in [0.25, 0.3) is 0 Å². The second-order valence-electron chi connectivity index (χ2n) is 3.19. The molecule has 86 valence electrons. The second kappa shape index (κ2) is 5.61. The Bertz CT molecular complexity index is 563. The van der Waals surface area contributed by atoms with Crippen LogP contribution in [0.5, 0.6) is 5.75 Å². The first-order valence-corrected chi connectivity index (χ1v) is 6.05. The van der Waals surface area contributed by atoms with Gasteiger partial charge in [0.05, 0.1) is 16.8 Å². The van der Waals surface area contributed by atoms with Gasteiger partial charge in [-0.3, -0.25) is 0 Å². The molecule has 0 saturated heterocycles. The average Bonchev–Trinajstić information content (AvgIpc) is 2.73. The average molecular weight is 265 g/mol. The molecule has 1 aromatic heterocycles. The Hall–Kier alpha value is -1.65. The van der Waals surface area contributed by atoms with E-state index in [9.17, 15) is 5.11 Å². The van der Waals surface area contributed by atoms with E-state index in [-0.39, 0.29) is 5.75 Å². The zero-order valence-electron chi connectivity index (χ0n) is 8.75.